The summed E-state index contributed by atoms with van der Waals surface area (Å²) in [5.41, 5.74) is 3.96. The minimum absolute atomic E-state index is 0.107. The fourth-order valence-corrected chi connectivity index (χ4v) is 3.60. The molecule has 0 saturated heterocycles. The van der Waals surface area contributed by atoms with Crippen LogP contribution in [0.25, 0.3) is 10.9 Å². The molecule has 0 atom stereocenters. The third kappa shape index (κ3) is 4.36. The zero-order valence-electron chi connectivity index (χ0n) is 17.2. The quantitative estimate of drug-likeness (QED) is 0.489. The lowest BCUT2D eigenvalue weighted by Crippen LogP contribution is -2.27. The van der Waals surface area contributed by atoms with Crippen molar-refractivity contribution in [2.45, 2.75) is 58.6 Å². The Labute approximate surface area is 171 Å². The molecule has 2 aromatic heterocycles. The summed E-state index contributed by atoms with van der Waals surface area (Å²) in [6.45, 7) is 5.78. The number of esters is 1. The molecular formula is C23H28N4O2. The first-order chi connectivity index (χ1) is 14.0. The second-order valence-corrected chi connectivity index (χ2v) is 8.01. The predicted molar refractivity (Wildman–Crippen MR) is 117 cm³/mol. The molecule has 0 unspecified atom stereocenters. The average Bonchev–Trinajstić information content (AvgIpc) is 3.11. The highest BCUT2D eigenvalue weighted by Crippen LogP contribution is 2.32. The van der Waals surface area contributed by atoms with Gasteiger partial charge in [0.25, 0.3) is 0 Å². The molecule has 0 aliphatic heterocycles. The summed E-state index contributed by atoms with van der Waals surface area (Å²) in [7, 11) is 0. The molecule has 6 nitrogen and oxygen atoms in total. The molecule has 0 radical (unpaired) electrons. The number of nitrogens with one attached hydrogen (secondary N) is 3. The van der Waals surface area contributed by atoms with Crippen LogP contribution in [0.5, 0.6) is 0 Å². The van der Waals surface area contributed by atoms with Crippen molar-refractivity contribution in [1.82, 2.24) is 9.97 Å². The number of aryl methyl sites for hydroxylation is 1. The second kappa shape index (κ2) is 8.15. The van der Waals surface area contributed by atoms with Crippen molar-refractivity contribution in [1.29, 1.82) is 0 Å². The molecule has 1 aliphatic carbocycles. The van der Waals surface area contributed by atoms with Crippen molar-refractivity contribution in [2.24, 2.45) is 0 Å². The van der Waals surface area contributed by atoms with Crippen LogP contribution in [0.3, 0.4) is 0 Å². The number of benzene rings is 1. The number of carbonyl (C=O) groups is 1. The smallest absolute Gasteiger partial charge is 0.310 e. The standard InChI is InChI=1S/C23H28N4O2/c1-14(2)29-20(28)13-16-6-4-9-18(12-16)26-22-15(3)21-19(10-11-24-21)23(27-22)25-17-7-5-8-17/h4,6,9-12,14,17,24H,5,7-8,13H2,1-3H3,(H2,25,26,27). The van der Waals surface area contributed by atoms with Crippen LogP contribution in [0.15, 0.2) is 36.5 Å². The monoisotopic (exact) mass is 392 g/mol. The Morgan fingerprint density at radius 1 is 1.28 bits per heavy atom. The molecule has 1 aromatic carbocycles. The molecule has 4 rings (SSSR count). The van der Waals surface area contributed by atoms with Crippen LogP contribution in [0.4, 0.5) is 17.3 Å². The molecule has 1 fully saturated rings. The zero-order chi connectivity index (χ0) is 20.4. The largest absolute Gasteiger partial charge is 0.463 e. The molecular weight excluding hydrogens is 364 g/mol. The number of hydrogen-bond donors (Lipinski definition) is 3. The summed E-state index contributed by atoms with van der Waals surface area (Å²) in [5, 5.41) is 8.14. The lowest BCUT2D eigenvalue weighted by Gasteiger charge is -2.27. The summed E-state index contributed by atoms with van der Waals surface area (Å²) in [5.74, 6) is 1.51. The average molecular weight is 393 g/mol. The molecule has 2 heterocycles. The van der Waals surface area contributed by atoms with E-state index in [1.165, 1.54) is 19.3 Å². The molecule has 0 bridgehead atoms. The van der Waals surface area contributed by atoms with E-state index in [1.54, 1.807) is 0 Å². The predicted octanol–water partition coefficient (Wildman–Crippen LogP) is 5.07. The lowest BCUT2D eigenvalue weighted by atomic mass is 9.93. The van der Waals surface area contributed by atoms with Crippen LogP contribution in [-0.4, -0.2) is 28.1 Å². The van der Waals surface area contributed by atoms with Crippen LogP contribution >= 0.6 is 0 Å². The highest BCUT2D eigenvalue weighted by atomic mass is 16.5. The van der Waals surface area contributed by atoms with Gasteiger partial charge in [-0.1, -0.05) is 12.1 Å². The maximum Gasteiger partial charge on any atom is 0.310 e. The molecule has 3 aromatic rings. The topological polar surface area (TPSA) is 79.0 Å². The summed E-state index contributed by atoms with van der Waals surface area (Å²) < 4.78 is 5.26. The number of aromatic nitrogens is 2. The van der Waals surface area contributed by atoms with E-state index in [2.05, 4.69) is 28.6 Å². The maximum atomic E-state index is 12.0. The van der Waals surface area contributed by atoms with Crippen LogP contribution in [0.1, 0.15) is 44.2 Å². The Morgan fingerprint density at radius 2 is 2.10 bits per heavy atom. The van der Waals surface area contributed by atoms with E-state index in [4.69, 9.17) is 9.72 Å². The van der Waals surface area contributed by atoms with E-state index in [0.29, 0.717) is 6.04 Å². The molecule has 0 spiro atoms. The van der Waals surface area contributed by atoms with Gasteiger partial charge in [0.15, 0.2) is 0 Å². The van der Waals surface area contributed by atoms with Crippen molar-refractivity contribution >= 4 is 34.2 Å². The van der Waals surface area contributed by atoms with E-state index in [-0.39, 0.29) is 18.5 Å². The molecule has 29 heavy (non-hydrogen) atoms. The second-order valence-electron chi connectivity index (χ2n) is 8.01. The Balaban J connectivity index is 1.58. The minimum Gasteiger partial charge on any atom is -0.463 e. The van der Waals surface area contributed by atoms with Crippen LogP contribution in [0.2, 0.25) is 0 Å². The van der Waals surface area contributed by atoms with Gasteiger partial charge >= 0.3 is 5.97 Å². The number of anilines is 3. The first-order valence-corrected chi connectivity index (χ1v) is 10.3. The van der Waals surface area contributed by atoms with Crippen molar-refractivity contribution in [3.8, 4) is 0 Å². The molecule has 1 saturated carbocycles. The van der Waals surface area contributed by atoms with Gasteiger partial charge < -0.3 is 20.4 Å². The van der Waals surface area contributed by atoms with Gasteiger partial charge in [-0.2, -0.15) is 0 Å². The number of fused-ring (bicyclic) bond motifs is 1. The first kappa shape index (κ1) is 19.3. The summed E-state index contributed by atoms with van der Waals surface area (Å²) >= 11 is 0. The van der Waals surface area contributed by atoms with E-state index in [9.17, 15) is 4.79 Å². The highest BCUT2D eigenvalue weighted by molar-refractivity contribution is 5.95. The van der Waals surface area contributed by atoms with Crippen LogP contribution in [-0.2, 0) is 16.0 Å². The van der Waals surface area contributed by atoms with Crippen LogP contribution < -0.4 is 10.6 Å². The van der Waals surface area contributed by atoms with E-state index in [0.717, 1.165) is 39.4 Å². The Morgan fingerprint density at radius 3 is 2.83 bits per heavy atom. The van der Waals surface area contributed by atoms with Gasteiger partial charge in [-0.3, -0.25) is 4.79 Å². The van der Waals surface area contributed by atoms with Gasteiger partial charge in [-0.05, 0) is 63.8 Å². The van der Waals surface area contributed by atoms with Gasteiger partial charge in [-0.15, -0.1) is 0 Å². The van der Waals surface area contributed by atoms with Gasteiger partial charge in [0.05, 0.1) is 18.0 Å². The Kier molecular flexibility index (Phi) is 5.43. The van der Waals surface area contributed by atoms with Crippen molar-refractivity contribution in [3.05, 3.63) is 47.7 Å². The molecule has 6 heteroatoms. The summed E-state index contributed by atoms with van der Waals surface area (Å²) in [6.07, 6.45) is 5.76. The number of carbonyl (C=O) groups excluding carboxylic acids is 1. The van der Waals surface area contributed by atoms with Crippen molar-refractivity contribution in [3.63, 3.8) is 0 Å². The Hall–Kier alpha value is -3.02. The molecule has 152 valence electrons. The fourth-order valence-electron chi connectivity index (χ4n) is 3.60. The number of aromatic amines is 1. The van der Waals surface area contributed by atoms with Gasteiger partial charge in [0.1, 0.15) is 11.6 Å². The summed E-state index contributed by atoms with van der Waals surface area (Å²) in [4.78, 5) is 20.2. The van der Waals surface area contributed by atoms with Gasteiger partial charge in [0, 0.05) is 28.9 Å². The Bertz CT molecular complexity index is 1020. The number of rotatable bonds is 7. The van der Waals surface area contributed by atoms with Crippen molar-refractivity contribution < 1.29 is 9.53 Å². The zero-order valence-corrected chi connectivity index (χ0v) is 17.2. The third-order valence-corrected chi connectivity index (χ3v) is 5.31. The fraction of sp³-hybridized carbons (Fsp3) is 0.391. The number of hydrogen-bond acceptors (Lipinski definition) is 5. The minimum atomic E-state index is -0.216. The van der Waals surface area contributed by atoms with Crippen molar-refractivity contribution in [2.75, 3.05) is 10.6 Å². The van der Waals surface area contributed by atoms with Crippen LogP contribution in [0, 0.1) is 6.92 Å². The number of nitrogens with zero attached hydrogens (tertiary/aromatic N) is 1. The molecule has 0 amide bonds. The lowest BCUT2D eigenvalue weighted by molar-refractivity contribution is -0.146. The van der Waals surface area contributed by atoms with E-state index < -0.39 is 0 Å². The highest BCUT2D eigenvalue weighted by Gasteiger charge is 2.20. The van der Waals surface area contributed by atoms with E-state index >= 15 is 0 Å². The van der Waals surface area contributed by atoms with Gasteiger partial charge in [-0.25, -0.2) is 4.98 Å². The summed E-state index contributed by atoms with van der Waals surface area (Å²) in [6, 6.07) is 10.4. The third-order valence-electron chi connectivity index (χ3n) is 5.31. The maximum absolute atomic E-state index is 12.0. The van der Waals surface area contributed by atoms with Gasteiger partial charge in [0.2, 0.25) is 0 Å². The first-order valence-electron chi connectivity index (χ1n) is 10.3. The number of ether oxygens (including phenoxy) is 1. The van der Waals surface area contributed by atoms with E-state index in [1.807, 2.05) is 44.3 Å². The normalized spacial score (nSPS) is 14.1. The number of H-pyrrole nitrogens is 1. The number of pyridine rings is 1. The molecule has 3 N–H and O–H groups in total. The SMILES string of the molecule is Cc1c(Nc2cccc(CC(=O)OC(C)C)c2)nc(NC2CCC2)c2cc[nH]c12. The molecule has 1 aliphatic rings.